The highest BCUT2D eigenvalue weighted by Crippen LogP contribution is 2.26. The van der Waals surface area contributed by atoms with E-state index < -0.39 is 12.0 Å². The molecule has 1 aliphatic heterocycles. The van der Waals surface area contributed by atoms with E-state index in [1.54, 1.807) is 0 Å². The van der Waals surface area contributed by atoms with Crippen molar-refractivity contribution in [3.8, 4) is 11.4 Å². The average molecular weight is 297 g/mol. The molecule has 22 heavy (non-hydrogen) atoms. The summed E-state index contributed by atoms with van der Waals surface area (Å²) in [5.74, 6) is 0.570. The van der Waals surface area contributed by atoms with E-state index in [1.807, 2.05) is 48.2 Å². The molecular formula is C17H19N3O2. The molecule has 1 aromatic heterocycles. The van der Waals surface area contributed by atoms with Gasteiger partial charge in [0.25, 0.3) is 0 Å². The Balaban J connectivity index is 2.00. The van der Waals surface area contributed by atoms with Crippen LogP contribution in [0.5, 0.6) is 0 Å². The summed E-state index contributed by atoms with van der Waals surface area (Å²) in [6.07, 6.45) is 2.61. The van der Waals surface area contributed by atoms with Gasteiger partial charge in [0.1, 0.15) is 11.9 Å². The minimum atomic E-state index is -0.780. The van der Waals surface area contributed by atoms with Crippen molar-refractivity contribution in [2.45, 2.75) is 32.2 Å². The highest BCUT2D eigenvalue weighted by atomic mass is 16.4. The molecule has 1 saturated heterocycles. The van der Waals surface area contributed by atoms with Crippen LogP contribution in [0.2, 0.25) is 0 Å². The van der Waals surface area contributed by atoms with Gasteiger partial charge in [-0.1, -0.05) is 30.3 Å². The normalized spacial score (nSPS) is 18.2. The maximum atomic E-state index is 11.5. The number of hydrogen-bond acceptors (Lipinski definition) is 4. The molecule has 0 aliphatic carbocycles. The Morgan fingerprint density at radius 1 is 1.23 bits per heavy atom. The summed E-state index contributed by atoms with van der Waals surface area (Å²) < 4.78 is 0. The van der Waals surface area contributed by atoms with E-state index >= 15 is 0 Å². The van der Waals surface area contributed by atoms with E-state index in [2.05, 4.69) is 9.97 Å². The number of aliphatic carboxylic acids is 1. The zero-order chi connectivity index (χ0) is 15.5. The molecule has 1 unspecified atom stereocenters. The third-order valence-corrected chi connectivity index (χ3v) is 3.95. The summed E-state index contributed by atoms with van der Waals surface area (Å²) in [5, 5.41) is 9.44. The lowest BCUT2D eigenvalue weighted by atomic mass is 10.0. The number of carboxylic acid groups (broad SMARTS) is 1. The van der Waals surface area contributed by atoms with E-state index in [1.165, 1.54) is 0 Å². The number of piperidine rings is 1. The molecule has 2 aromatic rings. The quantitative estimate of drug-likeness (QED) is 0.943. The first kappa shape index (κ1) is 14.5. The monoisotopic (exact) mass is 297 g/mol. The van der Waals surface area contributed by atoms with Gasteiger partial charge in [0.2, 0.25) is 0 Å². The van der Waals surface area contributed by atoms with E-state index in [0.29, 0.717) is 18.1 Å². The Morgan fingerprint density at radius 3 is 2.73 bits per heavy atom. The fourth-order valence-corrected chi connectivity index (χ4v) is 2.88. The second-order valence-corrected chi connectivity index (χ2v) is 5.60. The van der Waals surface area contributed by atoms with Crippen LogP contribution in [0.4, 0.5) is 5.82 Å². The molecule has 0 amide bonds. The van der Waals surface area contributed by atoms with Gasteiger partial charge in [0.05, 0.1) is 0 Å². The predicted octanol–water partition coefficient (Wildman–Crippen LogP) is 2.90. The van der Waals surface area contributed by atoms with Gasteiger partial charge >= 0.3 is 5.97 Å². The number of aromatic nitrogens is 2. The first-order valence-corrected chi connectivity index (χ1v) is 7.56. The smallest absolute Gasteiger partial charge is 0.326 e. The van der Waals surface area contributed by atoms with Crippen LogP contribution in [0.15, 0.2) is 36.4 Å². The van der Waals surface area contributed by atoms with Crippen LogP contribution in [-0.2, 0) is 4.79 Å². The SMILES string of the molecule is Cc1cc(N2CCCCC2C(=O)O)nc(-c2ccccc2)n1. The van der Waals surface area contributed by atoms with Crippen molar-refractivity contribution >= 4 is 11.8 Å². The maximum absolute atomic E-state index is 11.5. The molecule has 1 atom stereocenters. The fourth-order valence-electron chi connectivity index (χ4n) is 2.88. The number of anilines is 1. The largest absolute Gasteiger partial charge is 0.480 e. The second kappa shape index (κ2) is 6.13. The molecule has 1 aromatic carbocycles. The lowest BCUT2D eigenvalue weighted by molar-refractivity contribution is -0.139. The molecular weight excluding hydrogens is 278 g/mol. The van der Waals surface area contributed by atoms with Crippen molar-refractivity contribution in [2.24, 2.45) is 0 Å². The van der Waals surface area contributed by atoms with Crippen LogP contribution in [-0.4, -0.2) is 33.6 Å². The molecule has 1 fully saturated rings. The molecule has 1 N–H and O–H groups in total. The Hall–Kier alpha value is -2.43. The van der Waals surface area contributed by atoms with Gasteiger partial charge in [0, 0.05) is 23.9 Å². The Labute approximate surface area is 129 Å². The van der Waals surface area contributed by atoms with Crippen LogP contribution >= 0.6 is 0 Å². The van der Waals surface area contributed by atoms with Gasteiger partial charge in [-0.3, -0.25) is 0 Å². The number of carboxylic acids is 1. The molecule has 114 valence electrons. The molecule has 3 rings (SSSR count). The molecule has 0 bridgehead atoms. The Bertz CT molecular complexity index is 673. The Morgan fingerprint density at radius 2 is 2.00 bits per heavy atom. The maximum Gasteiger partial charge on any atom is 0.326 e. The van der Waals surface area contributed by atoms with E-state index in [9.17, 15) is 9.90 Å². The van der Waals surface area contributed by atoms with E-state index in [-0.39, 0.29) is 0 Å². The average Bonchev–Trinajstić information content (AvgIpc) is 2.55. The topological polar surface area (TPSA) is 66.3 Å². The summed E-state index contributed by atoms with van der Waals surface area (Å²) in [6, 6.07) is 11.1. The first-order chi connectivity index (χ1) is 10.6. The molecule has 2 heterocycles. The van der Waals surface area contributed by atoms with Gasteiger partial charge in [-0.25, -0.2) is 14.8 Å². The van der Waals surface area contributed by atoms with Crippen LogP contribution < -0.4 is 4.90 Å². The minimum absolute atomic E-state index is 0.494. The number of aryl methyl sites for hydroxylation is 1. The summed E-state index contributed by atoms with van der Waals surface area (Å²) in [4.78, 5) is 22.5. The summed E-state index contributed by atoms with van der Waals surface area (Å²) >= 11 is 0. The van der Waals surface area contributed by atoms with Crippen molar-refractivity contribution in [3.63, 3.8) is 0 Å². The highest BCUT2D eigenvalue weighted by molar-refractivity contribution is 5.78. The molecule has 0 saturated carbocycles. The first-order valence-electron chi connectivity index (χ1n) is 7.56. The van der Waals surface area contributed by atoms with Crippen molar-refractivity contribution in [1.29, 1.82) is 0 Å². The lowest BCUT2D eigenvalue weighted by Gasteiger charge is -2.34. The molecule has 0 spiro atoms. The predicted molar refractivity (Wildman–Crippen MR) is 84.8 cm³/mol. The number of nitrogens with zero attached hydrogens (tertiary/aromatic N) is 3. The van der Waals surface area contributed by atoms with E-state index in [0.717, 1.165) is 30.6 Å². The van der Waals surface area contributed by atoms with Gasteiger partial charge in [-0.15, -0.1) is 0 Å². The van der Waals surface area contributed by atoms with Gasteiger partial charge in [-0.05, 0) is 26.2 Å². The number of carbonyl (C=O) groups is 1. The van der Waals surface area contributed by atoms with E-state index in [4.69, 9.17) is 0 Å². The third kappa shape index (κ3) is 2.93. The molecule has 5 heteroatoms. The summed E-state index contributed by atoms with van der Waals surface area (Å²) in [7, 11) is 0. The third-order valence-electron chi connectivity index (χ3n) is 3.95. The molecule has 1 aliphatic rings. The van der Waals surface area contributed by atoms with Crippen LogP contribution in [0, 0.1) is 6.92 Å². The summed E-state index contributed by atoms with van der Waals surface area (Å²) in [5.41, 5.74) is 1.79. The highest BCUT2D eigenvalue weighted by Gasteiger charge is 2.29. The second-order valence-electron chi connectivity index (χ2n) is 5.60. The van der Waals surface area contributed by atoms with Crippen molar-refractivity contribution in [1.82, 2.24) is 9.97 Å². The minimum Gasteiger partial charge on any atom is -0.480 e. The fraction of sp³-hybridized carbons (Fsp3) is 0.353. The van der Waals surface area contributed by atoms with Gasteiger partial charge in [0.15, 0.2) is 5.82 Å². The van der Waals surface area contributed by atoms with Crippen molar-refractivity contribution in [3.05, 3.63) is 42.1 Å². The zero-order valence-electron chi connectivity index (χ0n) is 12.6. The van der Waals surface area contributed by atoms with Crippen LogP contribution in [0.3, 0.4) is 0 Å². The molecule has 0 radical (unpaired) electrons. The van der Waals surface area contributed by atoms with Crippen LogP contribution in [0.1, 0.15) is 25.0 Å². The molecule has 5 nitrogen and oxygen atoms in total. The standard InChI is InChI=1S/C17H19N3O2/c1-12-11-15(20-10-6-5-9-14(20)17(21)22)19-16(18-12)13-7-3-2-4-8-13/h2-4,7-8,11,14H,5-6,9-10H2,1H3,(H,21,22). The summed E-state index contributed by atoms with van der Waals surface area (Å²) in [6.45, 7) is 2.64. The number of benzene rings is 1. The van der Waals surface area contributed by atoms with Crippen molar-refractivity contribution in [2.75, 3.05) is 11.4 Å². The van der Waals surface area contributed by atoms with Crippen LogP contribution in [0.25, 0.3) is 11.4 Å². The van der Waals surface area contributed by atoms with Gasteiger partial charge < -0.3 is 10.0 Å². The number of hydrogen-bond donors (Lipinski definition) is 1. The zero-order valence-corrected chi connectivity index (χ0v) is 12.6. The lowest BCUT2D eigenvalue weighted by Crippen LogP contribution is -2.45. The Kier molecular flexibility index (Phi) is 4.04. The number of rotatable bonds is 3. The van der Waals surface area contributed by atoms with Crippen molar-refractivity contribution < 1.29 is 9.90 Å². The van der Waals surface area contributed by atoms with Gasteiger partial charge in [-0.2, -0.15) is 0 Å².